The van der Waals surface area contributed by atoms with Gasteiger partial charge in [0.25, 0.3) is 0 Å². The molecule has 69 valence electrons. The number of phenols is 2. The lowest BCUT2D eigenvalue weighted by atomic mass is 10.1. The highest BCUT2D eigenvalue weighted by Gasteiger charge is 1.99. The first kappa shape index (κ1) is 8.63. The van der Waals surface area contributed by atoms with Gasteiger partial charge in [0, 0.05) is 0 Å². The first-order valence-corrected chi connectivity index (χ1v) is 4.26. The third-order valence-corrected chi connectivity index (χ3v) is 1.94. The second-order valence-electron chi connectivity index (χ2n) is 3.01. The van der Waals surface area contributed by atoms with E-state index >= 15 is 0 Å². The highest BCUT2D eigenvalue weighted by Crippen LogP contribution is 2.25. The van der Waals surface area contributed by atoms with Gasteiger partial charge in [-0.1, -0.05) is 18.2 Å². The van der Waals surface area contributed by atoms with Crippen molar-refractivity contribution < 1.29 is 10.2 Å². The number of phenolic OH excluding ortho intramolecular Hbond substituents is 2. The van der Waals surface area contributed by atoms with Crippen LogP contribution < -0.4 is 0 Å². The smallest absolute Gasteiger partial charge is 0.116 e. The van der Waals surface area contributed by atoms with Crippen molar-refractivity contribution in [2.45, 2.75) is 0 Å². The Morgan fingerprint density at radius 1 is 0.929 bits per heavy atom. The van der Waals surface area contributed by atoms with Gasteiger partial charge in [-0.15, -0.1) is 0 Å². The van der Waals surface area contributed by atoms with E-state index in [0.717, 1.165) is 11.1 Å². The van der Waals surface area contributed by atoms with E-state index in [-0.39, 0.29) is 11.5 Å². The molecule has 2 heteroatoms. The van der Waals surface area contributed by atoms with Crippen LogP contribution in [0.4, 0.5) is 0 Å². The standard InChI is InChI=1S/C12H9O2/c13-11-5-1-3-9(7-11)10-4-2-6-12(14)8-10/h1-3,5-8,13-14H. The minimum atomic E-state index is 0.196. The fraction of sp³-hybridized carbons (Fsp3) is 0. The van der Waals surface area contributed by atoms with Crippen LogP contribution in [0.25, 0.3) is 11.1 Å². The lowest BCUT2D eigenvalue weighted by Crippen LogP contribution is -1.77. The van der Waals surface area contributed by atoms with Crippen LogP contribution in [0.2, 0.25) is 0 Å². The molecular formula is C12H9O2. The predicted molar refractivity (Wildman–Crippen MR) is 54.0 cm³/mol. The first-order chi connectivity index (χ1) is 6.75. The maximum absolute atomic E-state index is 9.27. The molecular weight excluding hydrogens is 176 g/mol. The largest absolute Gasteiger partial charge is 0.508 e. The zero-order chi connectivity index (χ0) is 9.97. The molecule has 0 heterocycles. The summed E-state index contributed by atoms with van der Waals surface area (Å²) in [7, 11) is 0. The van der Waals surface area contributed by atoms with E-state index < -0.39 is 0 Å². The Balaban J connectivity index is 2.49. The van der Waals surface area contributed by atoms with Crippen LogP contribution in [0.15, 0.2) is 42.5 Å². The van der Waals surface area contributed by atoms with E-state index in [0.29, 0.717) is 0 Å². The number of aromatic hydroxyl groups is 2. The number of rotatable bonds is 1. The van der Waals surface area contributed by atoms with E-state index in [4.69, 9.17) is 0 Å². The maximum atomic E-state index is 9.27. The van der Waals surface area contributed by atoms with Gasteiger partial charge in [-0.25, -0.2) is 0 Å². The highest BCUT2D eigenvalue weighted by atomic mass is 16.3. The van der Waals surface area contributed by atoms with E-state index in [1.165, 1.54) is 0 Å². The third kappa shape index (κ3) is 1.69. The van der Waals surface area contributed by atoms with Gasteiger partial charge in [0.2, 0.25) is 0 Å². The molecule has 2 aromatic rings. The van der Waals surface area contributed by atoms with Gasteiger partial charge in [-0.3, -0.25) is 0 Å². The Bertz CT molecular complexity index is 406. The Kier molecular flexibility index (Phi) is 2.11. The molecule has 2 N–H and O–H groups in total. The van der Waals surface area contributed by atoms with Crippen LogP contribution in [-0.4, -0.2) is 10.2 Å². The Labute approximate surface area is 82.1 Å². The minimum Gasteiger partial charge on any atom is -0.508 e. The van der Waals surface area contributed by atoms with Crippen LogP contribution in [0, 0.1) is 6.07 Å². The van der Waals surface area contributed by atoms with Crippen molar-refractivity contribution in [3.05, 3.63) is 48.5 Å². The zero-order valence-corrected chi connectivity index (χ0v) is 7.44. The summed E-state index contributed by atoms with van der Waals surface area (Å²) >= 11 is 0. The normalized spacial score (nSPS) is 10.0. The van der Waals surface area contributed by atoms with Crippen LogP contribution in [-0.2, 0) is 0 Å². The summed E-state index contributed by atoms with van der Waals surface area (Å²) in [5.74, 6) is 0.404. The molecule has 2 aromatic carbocycles. The number of benzene rings is 2. The van der Waals surface area contributed by atoms with Crippen molar-refractivity contribution in [1.29, 1.82) is 0 Å². The molecule has 0 saturated heterocycles. The topological polar surface area (TPSA) is 40.5 Å². The number of hydrogen-bond donors (Lipinski definition) is 2. The summed E-state index contributed by atoms with van der Waals surface area (Å²) in [6.07, 6.45) is 0. The van der Waals surface area contributed by atoms with Gasteiger partial charge in [0.05, 0.1) is 0 Å². The molecule has 0 aromatic heterocycles. The molecule has 0 atom stereocenters. The molecule has 0 unspecified atom stereocenters. The molecule has 0 aliphatic rings. The molecule has 0 bridgehead atoms. The van der Waals surface area contributed by atoms with Gasteiger partial charge in [0.1, 0.15) is 11.5 Å². The Morgan fingerprint density at radius 2 is 1.71 bits per heavy atom. The molecule has 0 aliphatic carbocycles. The second-order valence-corrected chi connectivity index (χ2v) is 3.01. The van der Waals surface area contributed by atoms with E-state index in [1.807, 2.05) is 6.07 Å². The molecule has 0 aliphatic heterocycles. The van der Waals surface area contributed by atoms with Crippen LogP contribution in [0.1, 0.15) is 0 Å². The highest BCUT2D eigenvalue weighted by molar-refractivity contribution is 5.65. The van der Waals surface area contributed by atoms with Gasteiger partial charge < -0.3 is 10.2 Å². The predicted octanol–water partition coefficient (Wildman–Crippen LogP) is 2.56. The Hall–Kier alpha value is -1.96. The molecule has 2 nitrogen and oxygen atoms in total. The van der Waals surface area contributed by atoms with Gasteiger partial charge in [-0.05, 0) is 41.5 Å². The lowest BCUT2D eigenvalue weighted by Gasteiger charge is -2.01. The fourth-order valence-corrected chi connectivity index (χ4v) is 1.29. The van der Waals surface area contributed by atoms with Crippen LogP contribution in [0.5, 0.6) is 11.5 Å². The quantitative estimate of drug-likeness (QED) is 0.716. The zero-order valence-electron chi connectivity index (χ0n) is 7.44. The second kappa shape index (κ2) is 3.42. The lowest BCUT2D eigenvalue weighted by molar-refractivity contribution is 0.474. The van der Waals surface area contributed by atoms with Gasteiger partial charge in [0.15, 0.2) is 0 Å². The molecule has 0 amide bonds. The van der Waals surface area contributed by atoms with E-state index in [2.05, 4.69) is 6.07 Å². The van der Waals surface area contributed by atoms with Gasteiger partial charge >= 0.3 is 0 Å². The summed E-state index contributed by atoms with van der Waals surface area (Å²) in [6.45, 7) is 0. The molecule has 14 heavy (non-hydrogen) atoms. The van der Waals surface area contributed by atoms with Crippen LogP contribution in [0.3, 0.4) is 0 Å². The van der Waals surface area contributed by atoms with Crippen molar-refractivity contribution in [2.75, 3.05) is 0 Å². The van der Waals surface area contributed by atoms with Crippen molar-refractivity contribution in [1.82, 2.24) is 0 Å². The molecule has 0 fully saturated rings. The maximum Gasteiger partial charge on any atom is 0.116 e. The summed E-state index contributed by atoms with van der Waals surface area (Å²) in [5.41, 5.74) is 1.60. The SMILES string of the molecule is Oc1cc[c]c(-c2cccc(O)c2)c1. The fourth-order valence-electron chi connectivity index (χ4n) is 1.29. The summed E-state index contributed by atoms with van der Waals surface area (Å²) < 4.78 is 0. The summed E-state index contributed by atoms with van der Waals surface area (Å²) in [6, 6.07) is 14.6. The average Bonchev–Trinajstić information content (AvgIpc) is 2.18. The summed E-state index contributed by atoms with van der Waals surface area (Å²) in [5, 5.41) is 18.5. The first-order valence-electron chi connectivity index (χ1n) is 4.26. The van der Waals surface area contributed by atoms with E-state index in [9.17, 15) is 10.2 Å². The van der Waals surface area contributed by atoms with Crippen molar-refractivity contribution in [3.8, 4) is 22.6 Å². The van der Waals surface area contributed by atoms with Crippen molar-refractivity contribution in [3.63, 3.8) is 0 Å². The molecule has 0 saturated carbocycles. The third-order valence-electron chi connectivity index (χ3n) is 1.94. The van der Waals surface area contributed by atoms with Gasteiger partial charge in [-0.2, -0.15) is 0 Å². The number of hydrogen-bond acceptors (Lipinski definition) is 2. The monoisotopic (exact) mass is 185 g/mol. The molecule has 1 radical (unpaired) electrons. The van der Waals surface area contributed by atoms with Crippen LogP contribution >= 0.6 is 0 Å². The average molecular weight is 185 g/mol. The minimum absolute atomic E-state index is 0.196. The Morgan fingerprint density at radius 3 is 2.43 bits per heavy atom. The summed E-state index contributed by atoms with van der Waals surface area (Å²) in [4.78, 5) is 0. The van der Waals surface area contributed by atoms with E-state index in [1.54, 1.807) is 36.4 Å². The molecule has 0 spiro atoms. The van der Waals surface area contributed by atoms with Crippen molar-refractivity contribution in [2.24, 2.45) is 0 Å². The molecule has 2 rings (SSSR count). The van der Waals surface area contributed by atoms with Crippen molar-refractivity contribution >= 4 is 0 Å².